The van der Waals surface area contributed by atoms with Gasteiger partial charge in [0.15, 0.2) is 0 Å². The van der Waals surface area contributed by atoms with Crippen LogP contribution in [0.5, 0.6) is 0 Å². The minimum Gasteiger partial charge on any atom is -0.365 e. The van der Waals surface area contributed by atoms with E-state index in [0.29, 0.717) is 18.2 Å². The Balaban J connectivity index is 2.45. The monoisotopic (exact) mass is 314 g/mol. The summed E-state index contributed by atoms with van der Waals surface area (Å²) >= 11 is 0. The molecule has 21 heavy (non-hydrogen) atoms. The molecule has 1 aromatic rings. The smallest absolute Gasteiger partial charge is 0.293 e. The molecule has 0 saturated heterocycles. The van der Waals surface area contributed by atoms with Gasteiger partial charge in [0.05, 0.1) is 9.82 Å². The molecule has 0 spiro atoms. The third-order valence-electron chi connectivity index (χ3n) is 3.76. The minimum absolute atomic E-state index is 0.00373. The third-order valence-corrected chi connectivity index (χ3v) is 4.67. The van der Waals surface area contributed by atoms with Crippen LogP contribution in [-0.4, -0.2) is 33.0 Å². The summed E-state index contributed by atoms with van der Waals surface area (Å²) in [5, 5.41) is 16.2. The molecule has 0 amide bonds. The number of nitrogens with two attached hydrogens (primary N) is 2. The standard InChI is InChI=1S/C12H18N4O4S/c1-15(12(7-13)8-2-3-8)10-5-4-9(21(14,19)20)6-11(10)16(17)18/h4-6,8,12H,2-3,7,13H2,1H3,(H2,14,19,20). The van der Waals surface area contributed by atoms with Gasteiger partial charge in [-0.2, -0.15) is 0 Å². The molecule has 8 nitrogen and oxygen atoms in total. The average Bonchev–Trinajstić information content (AvgIpc) is 3.22. The van der Waals surface area contributed by atoms with E-state index in [2.05, 4.69) is 0 Å². The van der Waals surface area contributed by atoms with E-state index in [1.807, 2.05) is 0 Å². The largest absolute Gasteiger partial charge is 0.365 e. The van der Waals surface area contributed by atoms with Crippen molar-refractivity contribution in [1.29, 1.82) is 0 Å². The van der Waals surface area contributed by atoms with Gasteiger partial charge in [0.2, 0.25) is 10.0 Å². The molecule has 4 N–H and O–H groups in total. The summed E-state index contributed by atoms with van der Waals surface area (Å²) in [5.74, 6) is 0.428. The number of anilines is 1. The zero-order valence-corrected chi connectivity index (χ0v) is 12.4. The van der Waals surface area contributed by atoms with Gasteiger partial charge in [-0.1, -0.05) is 0 Å². The SMILES string of the molecule is CN(c1ccc(S(N)(=O)=O)cc1[N+](=O)[O-])C(CN)C1CC1. The number of primary sulfonamides is 1. The van der Waals surface area contributed by atoms with Crippen molar-refractivity contribution in [3.63, 3.8) is 0 Å². The second-order valence-electron chi connectivity index (χ2n) is 5.20. The maximum absolute atomic E-state index is 11.3. The van der Waals surface area contributed by atoms with Gasteiger partial charge in [-0.15, -0.1) is 0 Å². The van der Waals surface area contributed by atoms with Gasteiger partial charge in [0, 0.05) is 25.7 Å². The quantitative estimate of drug-likeness (QED) is 0.577. The number of nitro groups is 1. The molecule has 1 aliphatic rings. The van der Waals surface area contributed by atoms with E-state index in [-0.39, 0.29) is 16.6 Å². The molecular formula is C12H18N4O4S. The Hall–Kier alpha value is -1.71. The highest BCUT2D eigenvalue weighted by molar-refractivity contribution is 7.89. The highest BCUT2D eigenvalue weighted by Gasteiger charge is 2.35. The van der Waals surface area contributed by atoms with Crippen molar-refractivity contribution in [2.75, 3.05) is 18.5 Å². The molecule has 0 aromatic heterocycles. The van der Waals surface area contributed by atoms with Gasteiger partial charge >= 0.3 is 0 Å². The summed E-state index contributed by atoms with van der Waals surface area (Å²) in [4.78, 5) is 12.1. The number of benzene rings is 1. The molecule has 0 aliphatic heterocycles. The fourth-order valence-corrected chi connectivity index (χ4v) is 2.98. The van der Waals surface area contributed by atoms with Crippen LogP contribution >= 0.6 is 0 Å². The molecule has 1 atom stereocenters. The molecule has 0 bridgehead atoms. The Morgan fingerprint density at radius 1 is 1.48 bits per heavy atom. The first kappa shape index (κ1) is 15.7. The number of likely N-dealkylation sites (N-methyl/N-ethyl adjacent to an activating group) is 1. The molecule has 0 heterocycles. The van der Waals surface area contributed by atoms with Crippen LogP contribution in [0.1, 0.15) is 12.8 Å². The predicted molar refractivity (Wildman–Crippen MR) is 78.4 cm³/mol. The summed E-state index contributed by atoms with van der Waals surface area (Å²) < 4.78 is 22.6. The molecule has 1 unspecified atom stereocenters. The Morgan fingerprint density at radius 3 is 2.52 bits per heavy atom. The van der Waals surface area contributed by atoms with Crippen molar-refractivity contribution < 1.29 is 13.3 Å². The first-order valence-corrected chi connectivity index (χ1v) is 8.04. The highest BCUT2D eigenvalue weighted by Crippen LogP contribution is 2.38. The summed E-state index contributed by atoms with van der Waals surface area (Å²) in [6.45, 7) is 0.384. The van der Waals surface area contributed by atoms with Crippen LogP contribution in [0, 0.1) is 16.0 Å². The van der Waals surface area contributed by atoms with Gasteiger partial charge in [-0.25, -0.2) is 13.6 Å². The van der Waals surface area contributed by atoms with Crippen molar-refractivity contribution in [3.05, 3.63) is 28.3 Å². The summed E-state index contributed by atoms with van der Waals surface area (Å²) in [5.41, 5.74) is 5.80. The summed E-state index contributed by atoms with van der Waals surface area (Å²) in [7, 11) is -2.25. The topological polar surface area (TPSA) is 133 Å². The Bertz CT molecular complexity index is 657. The Kier molecular flexibility index (Phi) is 4.17. The maximum Gasteiger partial charge on any atom is 0.293 e. The van der Waals surface area contributed by atoms with Crippen LogP contribution in [0.2, 0.25) is 0 Å². The number of hydrogen-bond acceptors (Lipinski definition) is 6. The summed E-state index contributed by atoms with van der Waals surface area (Å²) in [6.07, 6.45) is 2.10. The van der Waals surface area contributed by atoms with Crippen molar-refractivity contribution in [2.24, 2.45) is 16.8 Å². The number of sulfonamides is 1. The molecule has 1 aliphatic carbocycles. The second kappa shape index (κ2) is 5.58. The lowest BCUT2D eigenvalue weighted by Gasteiger charge is -2.28. The van der Waals surface area contributed by atoms with Gasteiger partial charge in [-0.3, -0.25) is 10.1 Å². The molecule has 0 radical (unpaired) electrons. The van der Waals surface area contributed by atoms with Gasteiger partial charge in [0.25, 0.3) is 5.69 Å². The highest BCUT2D eigenvalue weighted by atomic mass is 32.2. The van der Waals surface area contributed by atoms with Crippen molar-refractivity contribution in [1.82, 2.24) is 0 Å². The Morgan fingerprint density at radius 2 is 2.10 bits per heavy atom. The normalized spacial score (nSPS) is 16.5. The molecule has 9 heteroatoms. The van der Waals surface area contributed by atoms with Crippen molar-refractivity contribution in [3.8, 4) is 0 Å². The van der Waals surface area contributed by atoms with Gasteiger partial charge < -0.3 is 10.6 Å². The van der Waals surface area contributed by atoms with E-state index in [0.717, 1.165) is 18.9 Å². The molecular weight excluding hydrogens is 296 g/mol. The van der Waals surface area contributed by atoms with E-state index < -0.39 is 14.9 Å². The van der Waals surface area contributed by atoms with Crippen LogP contribution in [0.25, 0.3) is 0 Å². The van der Waals surface area contributed by atoms with E-state index >= 15 is 0 Å². The number of nitrogens with zero attached hydrogens (tertiary/aromatic N) is 2. The fraction of sp³-hybridized carbons (Fsp3) is 0.500. The average molecular weight is 314 g/mol. The second-order valence-corrected chi connectivity index (χ2v) is 6.77. The van der Waals surface area contributed by atoms with Crippen molar-refractivity contribution in [2.45, 2.75) is 23.8 Å². The molecule has 2 rings (SSSR count). The van der Waals surface area contributed by atoms with E-state index in [1.54, 1.807) is 11.9 Å². The van der Waals surface area contributed by atoms with Gasteiger partial charge in [0.1, 0.15) is 5.69 Å². The lowest BCUT2D eigenvalue weighted by Crippen LogP contribution is -2.40. The lowest BCUT2D eigenvalue weighted by atomic mass is 10.1. The van der Waals surface area contributed by atoms with E-state index in [4.69, 9.17) is 10.9 Å². The van der Waals surface area contributed by atoms with E-state index in [1.165, 1.54) is 12.1 Å². The lowest BCUT2D eigenvalue weighted by molar-refractivity contribution is -0.384. The van der Waals surface area contributed by atoms with Crippen LogP contribution < -0.4 is 15.8 Å². The first-order chi connectivity index (χ1) is 9.75. The van der Waals surface area contributed by atoms with E-state index in [9.17, 15) is 18.5 Å². The fourth-order valence-electron chi connectivity index (χ4n) is 2.45. The summed E-state index contributed by atoms with van der Waals surface area (Å²) in [6, 6.07) is 3.67. The minimum atomic E-state index is -3.98. The van der Waals surface area contributed by atoms with Crippen LogP contribution in [0.4, 0.5) is 11.4 Å². The van der Waals surface area contributed by atoms with Crippen LogP contribution in [-0.2, 0) is 10.0 Å². The molecule has 1 aromatic carbocycles. The maximum atomic E-state index is 11.3. The zero-order valence-electron chi connectivity index (χ0n) is 11.6. The molecule has 1 fully saturated rings. The predicted octanol–water partition coefficient (Wildman–Crippen LogP) is 0.416. The number of hydrogen-bond donors (Lipinski definition) is 2. The molecule has 1 saturated carbocycles. The van der Waals surface area contributed by atoms with Crippen molar-refractivity contribution >= 4 is 21.4 Å². The zero-order chi connectivity index (χ0) is 15.8. The van der Waals surface area contributed by atoms with Gasteiger partial charge in [-0.05, 0) is 30.9 Å². The number of rotatable bonds is 6. The molecule has 116 valence electrons. The Labute approximate surface area is 122 Å². The first-order valence-electron chi connectivity index (χ1n) is 6.50. The number of nitro benzene ring substituents is 1. The van der Waals surface area contributed by atoms with Crippen LogP contribution in [0.3, 0.4) is 0 Å². The third kappa shape index (κ3) is 3.31. The van der Waals surface area contributed by atoms with Crippen LogP contribution in [0.15, 0.2) is 23.1 Å².